The van der Waals surface area contributed by atoms with Crippen LogP contribution in [0.1, 0.15) is 20.8 Å². The fourth-order valence-electron chi connectivity index (χ4n) is 1.72. The monoisotopic (exact) mass is 185 g/mol. The Labute approximate surface area is 78.9 Å². The molecule has 4 nitrogen and oxygen atoms in total. The third kappa shape index (κ3) is 2.42. The van der Waals surface area contributed by atoms with Crippen molar-refractivity contribution in [1.29, 1.82) is 0 Å². The second-order valence-corrected chi connectivity index (χ2v) is 4.40. The number of piperazine rings is 1. The van der Waals surface area contributed by atoms with Crippen molar-refractivity contribution in [3.8, 4) is 0 Å². The van der Waals surface area contributed by atoms with Gasteiger partial charge in [0.15, 0.2) is 0 Å². The van der Waals surface area contributed by atoms with Crippen LogP contribution in [0.3, 0.4) is 0 Å². The minimum atomic E-state index is -0.984. The second kappa shape index (κ2) is 3.64. The summed E-state index contributed by atoms with van der Waals surface area (Å²) in [5.74, 6) is -0.984. The molecule has 1 aliphatic heterocycles. The highest BCUT2D eigenvalue weighted by molar-refractivity contribution is 5.71. The first-order valence-corrected chi connectivity index (χ1v) is 4.61. The number of nitrogens with one attached hydrogen (secondary N) is 1. The van der Waals surface area contributed by atoms with Gasteiger partial charge >= 0.3 is 0 Å². The standard InChI is InChI=1S/C9H18N2O2/c1-9(2,3)11-5-4-10-6-7(11)8(12)13/h7,10H,4-6H2,1-3H3,(H,12,13)/p-1. The first-order valence-electron chi connectivity index (χ1n) is 4.61. The van der Waals surface area contributed by atoms with Crippen LogP contribution in [0.4, 0.5) is 0 Å². The van der Waals surface area contributed by atoms with Gasteiger partial charge in [0.1, 0.15) is 0 Å². The first kappa shape index (κ1) is 10.5. The van der Waals surface area contributed by atoms with E-state index in [1.807, 2.05) is 25.7 Å². The molecular formula is C9H17N2O2-. The molecule has 0 saturated carbocycles. The van der Waals surface area contributed by atoms with Crippen molar-refractivity contribution in [3.05, 3.63) is 0 Å². The summed E-state index contributed by atoms with van der Waals surface area (Å²) in [6, 6.07) is -0.492. The normalized spacial score (nSPS) is 25.9. The van der Waals surface area contributed by atoms with Gasteiger partial charge < -0.3 is 15.2 Å². The molecule has 1 rings (SSSR count). The molecule has 76 valence electrons. The molecule has 13 heavy (non-hydrogen) atoms. The molecule has 1 fully saturated rings. The maximum absolute atomic E-state index is 10.8. The molecule has 0 aliphatic carbocycles. The average Bonchev–Trinajstić information content (AvgIpc) is 2.03. The van der Waals surface area contributed by atoms with Crippen molar-refractivity contribution in [1.82, 2.24) is 10.2 Å². The van der Waals surface area contributed by atoms with E-state index >= 15 is 0 Å². The number of hydrogen-bond acceptors (Lipinski definition) is 4. The van der Waals surface area contributed by atoms with E-state index in [1.54, 1.807) is 0 Å². The Kier molecular flexibility index (Phi) is 2.93. The Morgan fingerprint density at radius 2 is 2.15 bits per heavy atom. The minimum absolute atomic E-state index is 0.104. The van der Waals surface area contributed by atoms with Crippen molar-refractivity contribution in [2.75, 3.05) is 19.6 Å². The van der Waals surface area contributed by atoms with Crippen LogP contribution in [-0.4, -0.2) is 42.1 Å². The topological polar surface area (TPSA) is 55.4 Å². The highest BCUT2D eigenvalue weighted by Crippen LogP contribution is 2.17. The molecule has 1 N–H and O–H groups in total. The Balaban J connectivity index is 2.73. The molecule has 0 aromatic rings. The Bertz CT molecular complexity index is 198. The van der Waals surface area contributed by atoms with Crippen molar-refractivity contribution in [2.24, 2.45) is 0 Å². The van der Waals surface area contributed by atoms with Gasteiger partial charge in [0.25, 0.3) is 0 Å². The summed E-state index contributed by atoms with van der Waals surface area (Å²) >= 11 is 0. The van der Waals surface area contributed by atoms with Gasteiger partial charge in [-0.3, -0.25) is 4.90 Å². The van der Waals surface area contributed by atoms with Gasteiger partial charge in [-0.1, -0.05) is 0 Å². The third-order valence-electron chi connectivity index (χ3n) is 2.38. The smallest absolute Gasteiger partial charge is 0.0624 e. The van der Waals surface area contributed by atoms with Crippen molar-refractivity contribution in [3.63, 3.8) is 0 Å². The lowest BCUT2D eigenvalue weighted by atomic mass is 10.0. The molecule has 4 heteroatoms. The number of rotatable bonds is 1. The molecule has 0 aromatic heterocycles. The van der Waals surface area contributed by atoms with Crippen LogP contribution >= 0.6 is 0 Å². The number of carbonyl (C=O) groups excluding carboxylic acids is 1. The largest absolute Gasteiger partial charge is 0.548 e. The molecule has 1 aliphatic rings. The van der Waals surface area contributed by atoms with Gasteiger partial charge in [-0.2, -0.15) is 0 Å². The highest BCUT2D eigenvalue weighted by Gasteiger charge is 2.31. The number of aliphatic carboxylic acids is 1. The van der Waals surface area contributed by atoms with E-state index in [1.165, 1.54) is 0 Å². The van der Waals surface area contributed by atoms with Gasteiger partial charge in [-0.25, -0.2) is 0 Å². The van der Waals surface area contributed by atoms with E-state index in [9.17, 15) is 9.90 Å². The molecule has 1 unspecified atom stereocenters. The van der Waals surface area contributed by atoms with Gasteiger partial charge in [-0.05, 0) is 20.8 Å². The van der Waals surface area contributed by atoms with Crippen molar-refractivity contribution in [2.45, 2.75) is 32.4 Å². The van der Waals surface area contributed by atoms with Gasteiger partial charge in [0.05, 0.1) is 12.0 Å². The first-order chi connectivity index (χ1) is 5.93. The molecular weight excluding hydrogens is 168 g/mol. The fourth-order valence-corrected chi connectivity index (χ4v) is 1.72. The van der Waals surface area contributed by atoms with Crippen LogP contribution in [0.5, 0.6) is 0 Å². The quantitative estimate of drug-likeness (QED) is 0.558. The zero-order valence-corrected chi connectivity index (χ0v) is 8.46. The van der Waals surface area contributed by atoms with Crippen molar-refractivity contribution < 1.29 is 9.90 Å². The predicted molar refractivity (Wildman–Crippen MR) is 48.1 cm³/mol. The summed E-state index contributed by atoms with van der Waals surface area (Å²) < 4.78 is 0. The van der Waals surface area contributed by atoms with Gasteiger partial charge in [-0.15, -0.1) is 0 Å². The lowest BCUT2D eigenvalue weighted by molar-refractivity contribution is -0.313. The Morgan fingerprint density at radius 1 is 1.54 bits per heavy atom. The molecule has 1 saturated heterocycles. The summed E-state index contributed by atoms with van der Waals surface area (Å²) in [4.78, 5) is 12.8. The number of carboxylic acids is 1. The van der Waals surface area contributed by atoms with Gasteiger partial charge in [0, 0.05) is 25.2 Å². The second-order valence-electron chi connectivity index (χ2n) is 4.40. The maximum atomic E-state index is 10.8. The number of carboxylic acid groups (broad SMARTS) is 1. The lowest BCUT2D eigenvalue weighted by Crippen LogP contribution is -2.63. The average molecular weight is 185 g/mol. The summed E-state index contributed by atoms with van der Waals surface area (Å²) in [6.45, 7) is 8.17. The van der Waals surface area contributed by atoms with Crippen molar-refractivity contribution >= 4 is 5.97 Å². The highest BCUT2D eigenvalue weighted by atomic mass is 16.4. The Morgan fingerprint density at radius 3 is 2.54 bits per heavy atom. The lowest BCUT2D eigenvalue weighted by Gasteiger charge is -2.45. The molecule has 1 atom stereocenters. The van der Waals surface area contributed by atoms with Gasteiger partial charge in [0.2, 0.25) is 0 Å². The van der Waals surface area contributed by atoms with Crippen LogP contribution in [0.15, 0.2) is 0 Å². The summed E-state index contributed by atoms with van der Waals surface area (Å²) in [5, 5.41) is 13.9. The number of hydrogen-bond donors (Lipinski definition) is 1. The zero-order chi connectivity index (χ0) is 10.1. The van der Waals surface area contributed by atoms with Crippen LogP contribution in [0, 0.1) is 0 Å². The van der Waals surface area contributed by atoms with E-state index in [4.69, 9.17) is 0 Å². The van der Waals surface area contributed by atoms with E-state index in [-0.39, 0.29) is 5.54 Å². The van der Waals surface area contributed by atoms with E-state index in [2.05, 4.69) is 5.32 Å². The molecule has 0 spiro atoms. The van der Waals surface area contributed by atoms with E-state index in [0.717, 1.165) is 13.1 Å². The van der Waals surface area contributed by atoms with E-state index in [0.29, 0.717) is 6.54 Å². The van der Waals surface area contributed by atoms with Crippen LogP contribution in [-0.2, 0) is 4.79 Å². The molecule has 0 radical (unpaired) electrons. The van der Waals surface area contributed by atoms with Crippen LogP contribution in [0.2, 0.25) is 0 Å². The fraction of sp³-hybridized carbons (Fsp3) is 0.889. The molecule has 0 aromatic carbocycles. The molecule has 0 amide bonds. The molecule has 0 bridgehead atoms. The molecule has 1 heterocycles. The predicted octanol–water partition coefficient (Wildman–Crippen LogP) is -1.19. The van der Waals surface area contributed by atoms with Crippen LogP contribution < -0.4 is 10.4 Å². The SMILES string of the molecule is CC(C)(C)N1CCNCC1C(=O)[O-]. The maximum Gasteiger partial charge on any atom is 0.0624 e. The number of nitrogens with zero attached hydrogens (tertiary/aromatic N) is 1. The third-order valence-corrected chi connectivity index (χ3v) is 2.38. The van der Waals surface area contributed by atoms with E-state index < -0.39 is 12.0 Å². The summed E-state index contributed by atoms with van der Waals surface area (Å²) in [6.07, 6.45) is 0. The summed E-state index contributed by atoms with van der Waals surface area (Å²) in [5.41, 5.74) is -0.104. The Hall–Kier alpha value is -0.610. The van der Waals surface area contributed by atoms with Crippen LogP contribution in [0.25, 0.3) is 0 Å². The zero-order valence-electron chi connectivity index (χ0n) is 8.46. The number of carbonyl (C=O) groups is 1. The summed E-state index contributed by atoms with van der Waals surface area (Å²) in [7, 11) is 0. The minimum Gasteiger partial charge on any atom is -0.548 e.